The van der Waals surface area contributed by atoms with Gasteiger partial charge in [0.05, 0.1) is 0 Å². The quantitative estimate of drug-likeness (QED) is 0.504. The van der Waals surface area contributed by atoms with E-state index in [-0.39, 0.29) is 24.4 Å². The Hall–Kier alpha value is -3.44. The summed E-state index contributed by atoms with van der Waals surface area (Å²) < 4.78 is 6.05. The fourth-order valence-corrected chi connectivity index (χ4v) is 7.33. The van der Waals surface area contributed by atoms with Crippen molar-refractivity contribution in [3.05, 3.63) is 41.6 Å². The third-order valence-electron chi connectivity index (χ3n) is 10.4. The summed E-state index contributed by atoms with van der Waals surface area (Å²) in [5, 5.41) is 6.47. The molecule has 5 aliphatic rings. The number of carbonyl (C=O) groups is 3. The smallest absolute Gasteiger partial charge is 0.410 e. The number of hydrogen-bond acceptors (Lipinski definition) is 7. The number of hydrogen-bond donors (Lipinski definition) is 2. The van der Waals surface area contributed by atoms with Crippen LogP contribution in [0.5, 0.6) is 0 Å². The zero-order valence-corrected chi connectivity index (χ0v) is 26.8. The zero-order valence-electron chi connectivity index (χ0n) is 26.8. The summed E-state index contributed by atoms with van der Waals surface area (Å²) >= 11 is 0. The van der Waals surface area contributed by atoms with Gasteiger partial charge in [-0.25, -0.2) is 9.59 Å². The van der Waals surface area contributed by atoms with Crippen LogP contribution in [0, 0.1) is 11.8 Å². The summed E-state index contributed by atoms with van der Waals surface area (Å²) in [6.07, 6.45) is 6.94. The highest BCUT2D eigenvalue weighted by atomic mass is 16.6. The molecule has 0 bridgehead atoms. The number of aliphatic imine (C=N–C) groups is 1. The number of allylic oxidation sites excluding steroid dienone is 1. The van der Waals surface area contributed by atoms with Crippen LogP contribution in [0.25, 0.3) is 0 Å². The van der Waals surface area contributed by atoms with Crippen molar-refractivity contribution in [3.63, 3.8) is 0 Å². The Morgan fingerprint density at radius 3 is 2.33 bits per heavy atom. The van der Waals surface area contributed by atoms with Gasteiger partial charge in [-0.3, -0.25) is 14.7 Å². The van der Waals surface area contributed by atoms with Gasteiger partial charge in [-0.1, -0.05) is 38.1 Å². The number of nitrogens with one attached hydrogen (secondary N) is 2. The number of carbonyl (C=O) groups excluding carboxylic acids is 3. The Kier molecular flexibility index (Phi) is 10.0. The summed E-state index contributed by atoms with van der Waals surface area (Å²) in [7, 11) is 0. The van der Waals surface area contributed by atoms with Gasteiger partial charge < -0.3 is 30.1 Å². The first kappa shape index (κ1) is 31.5. The molecule has 0 saturated carbocycles. The van der Waals surface area contributed by atoms with Gasteiger partial charge in [0.25, 0.3) is 5.91 Å². The number of likely N-dealkylation sites (tertiary alicyclic amines) is 2. The number of benzene rings is 1. The number of piperidine rings is 2. The second-order valence-electron chi connectivity index (χ2n) is 13.3. The molecule has 5 heterocycles. The van der Waals surface area contributed by atoms with Crippen LogP contribution >= 0.6 is 0 Å². The topological polar surface area (TPSA) is 110 Å². The van der Waals surface area contributed by atoms with Crippen molar-refractivity contribution in [2.75, 3.05) is 64.2 Å². The zero-order chi connectivity index (χ0) is 31.3. The second kappa shape index (κ2) is 14.3. The van der Waals surface area contributed by atoms with Crippen LogP contribution < -0.4 is 10.6 Å². The normalized spacial score (nSPS) is 26.0. The van der Waals surface area contributed by atoms with Gasteiger partial charge in [0.15, 0.2) is 6.10 Å². The lowest BCUT2D eigenvalue weighted by atomic mass is 9.93. The summed E-state index contributed by atoms with van der Waals surface area (Å²) in [6, 6.07) is 8.38. The van der Waals surface area contributed by atoms with E-state index in [2.05, 4.69) is 46.5 Å². The van der Waals surface area contributed by atoms with Gasteiger partial charge in [-0.05, 0) is 55.6 Å². The Morgan fingerprint density at radius 2 is 1.60 bits per heavy atom. The highest BCUT2D eigenvalue weighted by Gasteiger charge is 2.37. The molecule has 1 aromatic rings. The summed E-state index contributed by atoms with van der Waals surface area (Å²) in [5.74, 6) is 0.512. The number of ether oxygens (including phenoxy) is 1. The van der Waals surface area contributed by atoms with E-state index in [9.17, 15) is 14.4 Å². The molecule has 0 spiro atoms. The van der Waals surface area contributed by atoms with Crippen LogP contribution in [-0.2, 0) is 16.0 Å². The fourth-order valence-electron chi connectivity index (χ4n) is 7.33. The number of piperazine rings is 1. The van der Waals surface area contributed by atoms with E-state index in [4.69, 9.17) is 4.74 Å². The highest BCUT2D eigenvalue weighted by Crippen LogP contribution is 2.27. The van der Waals surface area contributed by atoms with Gasteiger partial charge in [0.1, 0.15) is 0 Å². The number of fused-ring (bicyclic) bond motifs is 1. The minimum Gasteiger partial charge on any atom is -0.436 e. The molecule has 0 radical (unpaired) electrons. The Balaban J connectivity index is 1.06. The number of urea groups is 1. The fraction of sp³-hybridized carbons (Fsp3) is 0.647. The lowest BCUT2D eigenvalue weighted by Gasteiger charge is -2.41. The number of nitrogens with zero attached hydrogens (tertiary/aromatic N) is 5. The largest absolute Gasteiger partial charge is 0.436 e. The monoisotopic (exact) mass is 619 g/mol. The van der Waals surface area contributed by atoms with Crippen molar-refractivity contribution in [3.8, 4) is 0 Å². The Morgan fingerprint density at radius 1 is 0.911 bits per heavy atom. The van der Waals surface area contributed by atoms with E-state index in [0.29, 0.717) is 63.4 Å². The Bertz CT molecular complexity index is 1280. The number of anilines is 1. The van der Waals surface area contributed by atoms with Gasteiger partial charge in [-0.15, -0.1) is 0 Å². The number of amides is 4. The van der Waals surface area contributed by atoms with Crippen LogP contribution in [0.15, 0.2) is 41.0 Å². The van der Waals surface area contributed by atoms with Crippen molar-refractivity contribution >= 4 is 29.9 Å². The molecule has 3 saturated heterocycles. The van der Waals surface area contributed by atoms with Gasteiger partial charge in [-0.2, -0.15) is 0 Å². The van der Waals surface area contributed by atoms with Crippen LogP contribution in [0.2, 0.25) is 0 Å². The third-order valence-corrected chi connectivity index (χ3v) is 10.4. The maximum atomic E-state index is 13.9. The van der Waals surface area contributed by atoms with Gasteiger partial charge in [0, 0.05) is 95.0 Å². The van der Waals surface area contributed by atoms with Crippen molar-refractivity contribution < 1.29 is 19.1 Å². The van der Waals surface area contributed by atoms with Crippen molar-refractivity contribution in [2.45, 2.75) is 70.6 Å². The van der Waals surface area contributed by atoms with Gasteiger partial charge in [0.2, 0.25) is 0 Å². The summed E-state index contributed by atoms with van der Waals surface area (Å²) in [6.45, 7) is 11.3. The second-order valence-corrected chi connectivity index (χ2v) is 13.3. The first-order chi connectivity index (χ1) is 21.9. The molecule has 0 aliphatic carbocycles. The van der Waals surface area contributed by atoms with Crippen molar-refractivity contribution in [1.29, 1.82) is 0 Å². The maximum absolute atomic E-state index is 13.9. The van der Waals surface area contributed by atoms with E-state index in [1.165, 1.54) is 0 Å². The van der Waals surface area contributed by atoms with Gasteiger partial charge >= 0.3 is 12.1 Å². The van der Waals surface area contributed by atoms with Crippen LogP contribution in [0.3, 0.4) is 0 Å². The summed E-state index contributed by atoms with van der Waals surface area (Å²) in [4.78, 5) is 53.2. The predicted octanol–water partition coefficient (Wildman–Crippen LogP) is 3.57. The van der Waals surface area contributed by atoms with Crippen LogP contribution in [-0.4, -0.2) is 121 Å². The van der Waals surface area contributed by atoms with E-state index in [1.54, 1.807) is 4.90 Å². The standard InChI is InChI=1S/C34H49N7O4/c1-24-21-27(36-23-25(24)2)22-31(32(42)39-14-8-28(9-15-39)38-19-12-35-13-20-38)45-34(44)40-16-10-29(11-17-40)41-18-7-26-5-3-4-6-30(26)37-33(41)43/h3-6,21,23-25,28-29,31,35H,7-20,22H2,1-2H3,(H,37,43)/t24?,25?,31-/m1/s1. The Labute approximate surface area is 267 Å². The molecule has 1 aromatic carbocycles. The lowest BCUT2D eigenvalue weighted by molar-refractivity contribution is -0.142. The number of rotatable bonds is 6. The molecule has 244 valence electrons. The van der Waals surface area contributed by atoms with E-state index in [1.807, 2.05) is 34.2 Å². The minimum atomic E-state index is -0.912. The first-order valence-electron chi connectivity index (χ1n) is 16.9. The first-order valence-corrected chi connectivity index (χ1v) is 16.9. The molecule has 3 atom stereocenters. The molecule has 0 aromatic heterocycles. The molecule has 5 aliphatic heterocycles. The molecular formula is C34H49N7O4. The molecule has 11 heteroatoms. The lowest BCUT2D eigenvalue weighted by Crippen LogP contribution is -2.54. The molecule has 2 unspecified atom stereocenters. The van der Waals surface area contributed by atoms with Crippen molar-refractivity contribution in [2.24, 2.45) is 16.8 Å². The van der Waals surface area contributed by atoms with E-state index < -0.39 is 12.2 Å². The predicted molar refractivity (Wildman–Crippen MR) is 174 cm³/mol. The highest BCUT2D eigenvalue weighted by molar-refractivity contribution is 5.91. The molecule has 2 N–H and O–H groups in total. The molecule has 11 nitrogen and oxygen atoms in total. The average molecular weight is 620 g/mol. The van der Waals surface area contributed by atoms with Crippen molar-refractivity contribution in [1.82, 2.24) is 24.9 Å². The van der Waals surface area contributed by atoms with E-state index >= 15 is 0 Å². The average Bonchev–Trinajstić information content (AvgIpc) is 3.24. The maximum Gasteiger partial charge on any atom is 0.410 e. The third kappa shape index (κ3) is 7.52. The van der Waals surface area contributed by atoms with Crippen LogP contribution in [0.1, 0.15) is 51.5 Å². The number of para-hydroxylation sites is 1. The molecular weight excluding hydrogens is 570 g/mol. The SMILES string of the molecule is CC1C=NC(C[C@@H](OC(=O)N2CCC(N3CCc4ccccc4NC3=O)CC2)C(=O)N2CCC(N3CCNCC3)CC2)=CC1C. The molecule has 6 rings (SSSR count). The molecule has 45 heavy (non-hydrogen) atoms. The minimum absolute atomic E-state index is 0.0444. The van der Waals surface area contributed by atoms with E-state index in [0.717, 1.165) is 62.4 Å². The molecule has 3 fully saturated rings. The summed E-state index contributed by atoms with van der Waals surface area (Å²) in [5.41, 5.74) is 2.81. The molecule has 4 amide bonds. The van der Waals surface area contributed by atoms with Crippen LogP contribution in [0.4, 0.5) is 15.3 Å².